The third-order valence-corrected chi connectivity index (χ3v) is 13.6. The van der Waals surface area contributed by atoms with Crippen molar-refractivity contribution in [3.63, 3.8) is 0 Å². The van der Waals surface area contributed by atoms with Gasteiger partial charge in [0.15, 0.2) is 0 Å². The molecule has 3 aliphatic rings. The van der Waals surface area contributed by atoms with Gasteiger partial charge in [-0.15, -0.1) is 0 Å². The highest BCUT2D eigenvalue weighted by molar-refractivity contribution is 5.38. The molecule has 0 saturated carbocycles. The van der Waals surface area contributed by atoms with E-state index in [1.807, 2.05) is 0 Å². The van der Waals surface area contributed by atoms with Crippen molar-refractivity contribution in [2.45, 2.75) is 232 Å². The van der Waals surface area contributed by atoms with Crippen molar-refractivity contribution < 1.29 is 0 Å². The minimum absolute atomic E-state index is 0.0455. The summed E-state index contributed by atoms with van der Waals surface area (Å²) in [7, 11) is 0. The molecule has 4 rings (SSSR count). The first-order valence-corrected chi connectivity index (χ1v) is 22.1. The van der Waals surface area contributed by atoms with E-state index < -0.39 is 0 Å². The second-order valence-electron chi connectivity index (χ2n) is 20.4. The van der Waals surface area contributed by atoms with Crippen molar-refractivity contribution in [1.29, 1.82) is 0 Å². The highest BCUT2D eigenvalue weighted by Gasteiger charge is 2.46. The molecule has 3 fully saturated rings. The van der Waals surface area contributed by atoms with Gasteiger partial charge in [0, 0.05) is 58.4 Å². The van der Waals surface area contributed by atoms with Gasteiger partial charge in [-0.1, -0.05) is 53.9 Å². The normalized spacial score (nSPS) is 24.5. The van der Waals surface area contributed by atoms with Gasteiger partial charge in [0.2, 0.25) is 11.9 Å². The minimum Gasteiger partial charge on any atom is -0.354 e. The number of unbranched alkanes of at least 4 members (excludes halogenated alkanes) is 3. The molecule has 53 heavy (non-hydrogen) atoms. The molecule has 9 heteroatoms. The Kier molecular flexibility index (Phi) is 15.1. The van der Waals surface area contributed by atoms with Crippen LogP contribution >= 0.6 is 0 Å². The molecule has 1 aromatic heterocycles. The fraction of sp³-hybridized carbons (Fsp3) is 0.932. The number of hydrogen-bond acceptors (Lipinski definition) is 9. The topological polar surface area (TPSA) is 102 Å². The van der Waals surface area contributed by atoms with Gasteiger partial charge < -0.3 is 31.5 Å². The van der Waals surface area contributed by atoms with E-state index in [1.165, 1.54) is 70.6 Å². The van der Waals surface area contributed by atoms with Gasteiger partial charge in [0.1, 0.15) is 6.33 Å². The average molecular weight is 740 g/mol. The van der Waals surface area contributed by atoms with Gasteiger partial charge in [-0.2, -0.15) is 4.98 Å². The molecule has 0 aliphatic carbocycles. The van der Waals surface area contributed by atoms with Crippen LogP contribution < -0.4 is 31.5 Å². The summed E-state index contributed by atoms with van der Waals surface area (Å²) < 4.78 is 0. The smallest absolute Gasteiger partial charge is 0.230 e. The lowest BCUT2D eigenvalue weighted by Crippen LogP contribution is -2.63. The van der Waals surface area contributed by atoms with Crippen LogP contribution in [0.25, 0.3) is 0 Å². The zero-order valence-corrected chi connectivity index (χ0v) is 36.9. The van der Waals surface area contributed by atoms with Gasteiger partial charge in [-0.05, 0) is 151 Å². The molecular formula is C44H85N9. The van der Waals surface area contributed by atoms with Crippen molar-refractivity contribution in [3.05, 3.63) is 6.33 Å². The third kappa shape index (κ3) is 12.5. The van der Waals surface area contributed by atoms with Crippen molar-refractivity contribution >= 4 is 11.9 Å². The molecule has 5 N–H and O–H groups in total. The van der Waals surface area contributed by atoms with Crippen LogP contribution in [0.1, 0.15) is 186 Å². The van der Waals surface area contributed by atoms with Crippen LogP contribution in [-0.4, -0.2) is 79.9 Å². The SMILES string of the molecule is CCC(CNc1ncnc(N(CCCCCCNC2CC(C)(C)NC(C)(C)C2)C2CC(C)(C)NC(C)(C)C2)n1)C1CC(CC)(CC)NC(CC)(CC)C1. The Morgan fingerprint density at radius 1 is 0.679 bits per heavy atom. The molecule has 0 radical (unpaired) electrons. The highest BCUT2D eigenvalue weighted by atomic mass is 15.3. The summed E-state index contributed by atoms with van der Waals surface area (Å²) >= 11 is 0. The van der Waals surface area contributed by atoms with Gasteiger partial charge in [0.25, 0.3) is 0 Å². The van der Waals surface area contributed by atoms with Crippen LogP contribution in [0.5, 0.6) is 0 Å². The van der Waals surface area contributed by atoms with E-state index in [2.05, 4.69) is 126 Å². The van der Waals surface area contributed by atoms with Crippen LogP contribution in [0.4, 0.5) is 11.9 Å². The maximum Gasteiger partial charge on any atom is 0.230 e. The summed E-state index contributed by atoms with van der Waals surface area (Å²) in [4.78, 5) is 17.2. The van der Waals surface area contributed by atoms with Crippen LogP contribution in [0.2, 0.25) is 0 Å². The molecule has 0 amide bonds. The monoisotopic (exact) mass is 740 g/mol. The second kappa shape index (κ2) is 18.1. The first-order chi connectivity index (χ1) is 24.8. The fourth-order valence-electron chi connectivity index (χ4n) is 11.4. The molecule has 306 valence electrons. The summed E-state index contributed by atoms with van der Waals surface area (Å²) in [6.45, 7) is 33.6. The maximum absolute atomic E-state index is 5.17. The average Bonchev–Trinajstić information content (AvgIpc) is 3.07. The van der Waals surface area contributed by atoms with Crippen molar-refractivity contribution in [2.75, 3.05) is 29.9 Å². The summed E-state index contributed by atoms with van der Waals surface area (Å²) in [6.07, 6.45) is 19.5. The lowest BCUT2D eigenvalue weighted by atomic mass is 9.65. The molecular weight excluding hydrogens is 655 g/mol. The molecule has 0 aromatic carbocycles. The van der Waals surface area contributed by atoms with E-state index in [9.17, 15) is 0 Å². The maximum atomic E-state index is 5.17. The molecule has 1 atom stereocenters. The quantitative estimate of drug-likeness (QED) is 0.0891. The standard InChI is InChI=1S/C44H85N9/c1-14-33(34-25-43(15-2,16-3)52-44(17-4,18-5)26-34)31-46-37-47-32-48-38(49-37)53(36-29-41(10,11)51-42(12,13)30-36)24-22-20-19-21-23-45-35-27-39(6,7)50-40(8,9)28-35/h32-36,45,50-52H,14-31H2,1-13H3,(H,46,47,48,49). The van der Waals surface area contributed by atoms with E-state index in [0.29, 0.717) is 23.9 Å². The first-order valence-electron chi connectivity index (χ1n) is 22.1. The molecule has 9 nitrogen and oxygen atoms in total. The van der Waals surface area contributed by atoms with Gasteiger partial charge in [-0.25, -0.2) is 9.97 Å². The number of nitrogens with one attached hydrogen (secondary N) is 5. The Hall–Kier alpha value is -1.55. The minimum atomic E-state index is 0.0455. The Labute approximate surface area is 327 Å². The predicted octanol–water partition coefficient (Wildman–Crippen LogP) is 9.00. The zero-order valence-electron chi connectivity index (χ0n) is 36.9. The summed E-state index contributed by atoms with van der Waals surface area (Å²) in [5, 5.41) is 19.6. The Morgan fingerprint density at radius 2 is 1.21 bits per heavy atom. The van der Waals surface area contributed by atoms with E-state index in [4.69, 9.17) is 9.97 Å². The van der Waals surface area contributed by atoms with E-state index in [-0.39, 0.29) is 33.2 Å². The summed E-state index contributed by atoms with van der Waals surface area (Å²) in [5.41, 5.74) is 0.925. The lowest BCUT2D eigenvalue weighted by molar-refractivity contribution is 0.0449. The van der Waals surface area contributed by atoms with Crippen LogP contribution in [-0.2, 0) is 0 Å². The molecule has 4 heterocycles. The second-order valence-corrected chi connectivity index (χ2v) is 20.4. The predicted molar refractivity (Wildman–Crippen MR) is 227 cm³/mol. The van der Waals surface area contributed by atoms with Gasteiger partial charge in [0.05, 0.1) is 0 Å². The number of piperidine rings is 3. The number of anilines is 2. The lowest BCUT2D eigenvalue weighted by Gasteiger charge is -2.53. The zero-order chi connectivity index (χ0) is 39.1. The number of nitrogens with zero attached hydrogens (tertiary/aromatic N) is 4. The summed E-state index contributed by atoms with van der Waals surface area (Å²) in [5.74, 6) is 2.82. The van der Waals surface area contributed by atoms with E-state index >= 15 is 0 Å². The molecule has 0 spiro atoms. The van der Waals surface area contributed by atoms with Crippen molar-refractivity contribution in [1.82, 2.24) is 36.2 Å². The number of rotatable bonds is 19. The van der Waals surface area contributed by atoms with E-state index in [0.717, 1.165) is 57.2 Å². The van der Waals surface area contributed by atoms with Crippen molar-refractivity contribution in [2.24, 2.45) is 11.8 Å². The molecule has 1 unspecified atom stereocenters. The Balaban J connectivity index is 1.40. The molecule has 0 bridgehead atoms. The first kappa shape index (κ1) is 44.2. The molecule has 3 saturated heterocycles. The fourth-order valence-corrected chi connectivity index (χ4v) is 11.4. The van der Waals surface area contributed by atoms with Gasteiger partial charge >= 0.3 is 0 Å². The molecule has 1 aromatic rings. The highest BCUT2D eigenvalue weighted by Crippen LogP contribution is 2.44. The van der Waals surface area contributed by atoms with E-state index in [1.54, 1.807) is 6.33 Å². The number of aromatic nitrogens is 3. The molecule has 3 aliphatic heterocycles. The third-order valence-electron chi connectivity index (χ3n) is 13.6. The Bertz CT molecular complexity index is 1200. The Morgan fingerprint density at radius 3 is 1.74 bits per heavy atom. The van der Waals surface area contributed by atoms with Crippen LogP contribution in [0.15, 0.2) is 6.33 Å². The number of hydrogen-bond donors (Lipinski definition) is 5. The van der Waals surface area contributed by atoms with Crippen LogP contribution in [0, 0.1) is 11.8 Å². The van der Waals surface area contributed by atoms with Crippen molar-refractivity contribution in [3.8, 4) is 0 Å². The summed E-state index contributed by atoms with van der Waals surface area (Å²) in [6, 6.07) is 0.958. The largest absolute Gasteiger partial charge is 0.354 e. The van der Waals surface area contributed by atoms with Gasteiger partial charge in [-0.3, -0.25) is 0 Å². The van der Waals surface area contributed by atoms with Crippen LogP contribution in [0.3, 0.4) is 0 Å².